The lowest BCUT2D eigenvalue weighted by atomic mass is 10.0. The van der Waals surface area contributed by atoms with Crippen molar-refractivity contribution in [2.45, 2.75) is 26.3 Å². The predicted molar refractivity (Wildman–Crippen MR) is 82.7 cm³/mol. The number of rotatable bonds is 4. The van der Waals surface area contributed by atoms with Gasteiger partial charge in [0.25, 0.3) is 0 Å². The number of carbonyl (C=O) groups excluding carboxylic acids is 1. The van der Waals surface area contributed by atoms with Gasteiger partial charge in [-0.05, 0) is 37.0 Å². The maximum atomic E-state index is 12.2. The Bertz CT molecular complexity index is 573. The molecule has 2 rings (SSSR count). The van der Waals surface area contributed by atoms with Crippen LogP contribution in [-0.4, -0.2) is 11.9 Å². The Hall–Kier alpha value is -2.13. The van der Waals surface area contributed by atoms with Crippen LogP contribution in [0.15, 0.2) is 48.5 Å². The van der Waals surface area contributed by atoms with Crippen LogP contribution in [0.1, 0.15) is 16.7 Å². The van der Waals surface area contributed by atoms with E-state index < -0.39 is 6.04 Å². The van der Waals surface area contributed by atoms with Gasteiger partial charge in [-0.1, -0.05) is 48.5 Å². The van der Waals surface area contributed by atoms with Crippen LogP contribution in [-0.2, 0) is 11.2 Å². The highest BCUT2D eigenvalue weighted by Gasteiger charge is 2.15. The Labute approximate surface area is 119 Å². The van der Waals surface area contributed by atoms with Gasteiger partial charge in [-0.25, -0.2) is 0 Å². The summed E-state index contributed by atoms with van der Waals surface area (Å²) in [5.41, 5.74) is 10.0. The van der Waals surface area contributed by atoms with Crippen LogP contribution in [0.4, 0.5) is 5.69 Å². The SMILES string of the molecule is Cc1cccc(C)c1NC(=O)[C@@H](N)Cc1ccccc1. The first-order chi connectivity index (χ1) is 9.58. The molecule has 0 aromatic heterocycles. The van der Waals surface area contributed by atoms with Crippen LogP contribution in [0.25, 0.3) is 0 Å². The van der Waals surface area contributed by atoms with E-state index in [0.717, 1.165) is 22.4 Å². The number of nitrogens with one attached hydrogen (secondary N) is 1. The molecule has 2 aromatic carbocycles. The fourth-order valence-electron chi connectivity index (χ4n) is 2.19. The quantitative estimate of drug-likeness (QED) is 0.896. The standard InChI is InChI=1S/C17H20N2O/c1-12-7-6-8-13(2)16(12)19-17(20)15(18)11-14-9-4-3-5-10-14/h3-10,15H,11,18H2,1-2H3,(H,19,20)/t15-/m0/s1. The molecule has 0 spiro atoms. The summed E-state index contributed by atoms with van der Waals surface area (Å²) < 4.78 is 0. The van der Waals surface area contributed by atoms with E-state index in [1.165, 1.54) is 0 Å². The van der Waals surface area contributed by atoms with E-state index in [0.29, 0.717) is 6.42 Å². The molecule has 1 atom stereocenters. The molecule has 0 aliphatic rings. The third-order valence-corrected chi connectivity index (χ3v) is 3.36. The number of benzene rings is 2. The number of anilines is 1. The number of nitrogens with two attached hydrogens (primary N) is 1. The van der Waals surface area contributed by atoms with Gasteiger partial charge in [0.05, 0.1) is 6.04 Å². The van der Waals surface area contributed by atoms with Gasteiger partial charge in [-0.15, -0.1) is 0 Å². The number of amides is 1. The van der Waals surface area contributed by atoms with Gasteiger partial charge in [0.2, 0.25) is 5.91 Å². The third kappa shape index (κ3) is 3.45. The second-order valence-electron chi connectivity index (χ2n) is 5.05. The van der Waals surface area contributed by atoms with Crippen molar-refractivity contribution in [3.63, 3.8) is 0 Å². The van der Waals surface area contributed by atoms with Crippen LogP contribution in [0, 0.1) is 13.8 Å². The zero-order valence-corrected chi connectivity index (χ0v) is 11.9. The minimum atomic E-state index is -0.545. The van der Waals surface area contributed by atoms with Crippen LogP contribution in [0.2, 0.25) is 0 Å². The molecule has 1 amide bonds. The molecular weight excluding hydrogens is 248 g/mol. The average Bonchev–Trinajstić information content (AvgIpc) is 2.44. The molecule has 0 heterocycles. The Morgan fingerprint density at radius 1 is 1.05 bits per heavy atom. The van der Waals surface area contributed by atoms with Crippen LogP contribution in [0.3, 0.4) is 0 Å². The summed E-state index contributed by atoms with van der Waals surface area (Å²) in [6.07, 6.45) is 0.539. The molecule has 0 aliphatic heterocycles. The molecule has 0 radical (unpaired) electrons. The molecule has 0 saturated carbocycles. The van der Waals surface area contributed by atoms with E-state index in [2.05, 4.69) is 5.32 Å². The Morgan fingerprint density at radius 2 is 1.65 bits per heavy atom. The van der Waals surface area contributed by atoms with E-state index in [1.807, 2.05) is 62.4 Å². The second kappa shape index (κ2) is 6.35. The van der Waals surface area contributed by atoms with E-state index in [-0.39, 0.29) is 5.91 Å². The van der Waals surface area contributed by atoms with Gasteiger partial charge in [0.15, 0.2) is 0 Å². The molecule has 3 nitrogen and oxygen atoms in total. The summed E-state index contributed by atoms with van der Waals surface area (Å²) in [5.74, 6) is -0.147. The van der Waals surface area contributed by atoms with Crippen molar-refractivity contribution in [3.8, 4) is 0 Å². The highest BCUT2D eigenvalue weighted by atomic mass is 16.2. The molecule has 104 valence electrons. The summed E-state index contributed by atoms with van der Waals surface area (Å²) in [6, 6.07) is 15.2. The van der Waals surface area contributed by atoms with Gasteiger partial charge in [-0.3, -0.25) is 4.79 Å². The van der Waals surface area contributed by atoms with Gasteiger partial charge in [-0.2, -0.15) is 0 Å². The lowest BCUT2D eigenvalue weighted by molar-refractivity contribution is -0.117. The number of hydrogen-bond donors (Lipinski definition) is 2. The van der Waals surface area contributed by atoms with E-state index in [9.17, 15) is 4.79 Å². The molecule has 2 aromatic rings. The first-order valence-electron chi connectivity index (χ1n) is 6.74. The molecule has 3 N–H and O–H groups in total. The summed E-state index contributed by atoms with van der Waals surface area (Å²) >= 11 is 0. The summed E-state index contributed by atoms with van der Waals surface area (Å²) in [7, 11) is 0. The van der Waals surface area contributed by atoms with Crippen molar-refractivity contribution in [3.05, 3.63) is 65.2 Å². The smallest absolute Gasteiger partial charge is 0.241 e. The summed E-state index contributed by atoms with van der Waals surface area (Å²) in [4.78, 5) is 12.2. The molecule has 0 unspecified atom stereocenters. The van der Waals surface area contributed by atoms with Crippen molar-refractivity contribution >= 4 is 11.6 Å². The van der Waals surface area contributed by atoms with Crippen molar-refractivity contribution in [1.82, 2.24) is 0 Å². The lowest BCUT2D eigenvalue weighted by Crippen LogP contribution is -2.37. The zero-order chi connectivity index (χ0) is 14.5. The fourth-order valence-corrected chi connectivity index (χ4v) is 2.19. The van der Waals surface area contributed by atoms with Crippen LogP contribution in [0.5, 0.6) is 0 Å². The first kappa shape index (κ1) is 14.3. The summed E-state index contributed by atoms with van der Waals surface area (Å²) in [5, 5.41) is 2.93. The topological polar surface area (TPSA) is 55.1 Å². The van der Waals surface area contributed by atoms with Gasteiger partial charge >= 0.3 is 0 Å². The highest BCUT2D eigenvalue weighted by Crippen LogP contribution is 2.19. The fraction of sp³-hybridized carbons (Fsp3) is 0.235. The normalized spacial score (nSPS) is 11.9. The van der Waals surface area contributed by atoms with Crippen LogP contribution < -0.4 is 11.1 Å². The van der Waals surface area contributed by atoms with Gasteiger partial charge in [0, 0.05) is 5.69 Å². The molecule has 0 saturated heterocycles. The number of hydrogen-bond acceptors (Lipinski definition) is 2. The predicted octanol–water partition coefficient (Wildman–Crippen LogP) is 2.81. The molecule has 20 heavy (non-hydrogen) atoms. The van der Waals surface area contributed by atoms with Crippen molar-refractivity contribution in [2.24, 2.45) is 5.73 Å². The van der Waals surface area contributed by atoms with E-state index >= 15 is 0 Å². The number of carbonyl (C=O) groups is 1. The Balaban J connectivity index is 2.05. The molecule has 0 bridgehead atoms. The van der Waals surface area contributed by atoms with E-state index in [1.54, 1.807) is 0 Å². The second-order valence-corrected chi connectivity index (χ2v) is 5.05. The molecular formula is C17H20N2O. The largest absolute Gasteiger partial charge is 0.324 e. The van der Waals surface area contributed by atoms with Gasteiger partial charge in [0.1, 0.15) is 0 Å². The minimum Gasteiger partial charge on any atom is -0.324 e. The monoisotopic (exact) mass is 268 g/mol. The Kier molecular flexibility index (Phi) is 4.53. The summed E-state index contributed by atoms with van der Waals surface area (Å²) in [6.45, 7) is 3.96. The van der Waals surface area contributed by atoms with Crippen LogP contribution >= 0.6 is 0 Å². The average molecular weight is 268 g/mol. The molecule has 0 aliphatic carbocycles. The van der Waals surface area contributed by atoms with Gasteiger partial charge < -0.3 is 11.1 Å². The lowest BCUT2D eigenvalue weighted by Gasteiger charge is -2.15. The van der Waals surface area contributed by atoms with E-state index in [4.69, 9.17) is 5.73 Å². The molecule has 0 fully saturated rings. The first-order valence-corrected chi connectivity index (χ1v) is 6.74. The number of aryl methyl sites for hydroxylation is 2. The molecule has 3 heteroatoms. The minimum absolute atomic E-state index is 0.147. The third-order valence-electron chi connectivity index (χ3n) is 3.36. The van der Waals surface area contributed by atoms with Crippen molar-refractivity contribution < 1.29 is 4.79 Å². The highest BCUT2D eigenvalue weighted by molar-refractivity contribution is 5.96. The van der Waals surface area contributed by atoms with Crippen molar-refractivity contribution in [1.29, 1.82) is 0 Å². The maximum Gasteiger partial charge on any atom is 0.241 e. The number of para-hydroxylation sites is 1. The zero-order valence-electron chi connectivity index (χ0n) is 11.9. The Morgan fingerprint density at radius 3 is 2.25 bits per heavy atom. The van der Waals surface area contributed by atoms with Crippen molar-refractivity contribution in [2.75, 3.05) is 5.32 Å². The maximum absolute atomic E-state index is 12.2.